The van der Waals surface area contributed by atoms with Crippen LogP contribution in [0.3, 0.4) is 0 Å². The number of aromatic nitrogens is 4. The minimum absolute atomic E-state index is 0.103. The van der Waals surface area contributed by atoms with E-state index in [0.717, 1.165) is 40.7 Å². The fourth-order valence-corrected chi connectivity index (χ4v) is 3.88. The molecule has 3 aromatic rings. The SMILES string of the molecule is CCN(CC)c1ccc(-c2nnc(SCC(=O)c3c(N)n(CCOC)c(=O)[nH]c3=O)o2)cc1. The molecule has 12 heteroatoms. The van der Waals surface area contributed by atoms with Crippen LogP contribution in [-0.2, 0) is 11.3 Å². The number of hydrogen-bond donors (Lipinski definition) is 2. The van der Waals surface area contributed by atoms with Crippen molar-refractivity contribution in [2.45, 2.75) is 25.6 Å². The van der Waals surface area contributed by atoms with Gasteiger partial charge in [-0.25, -0.2) is 4.79 Å². The molecule has 0 atom stereocenters. The summed E-state index contributed by atoms with van der Waals surface area (Å²) in [7, 11) is 1.47. The van der Waals surface area contributed by atoms with E-state index in [0.29, 0.717) is 5.89 Å². The number of hydrogen-bond acceptors (Lipinski definition) is 10. The molecule has 0 amide bonds. The number of H-pyrrole nitrogens is 1. The van der Waals surface area contributed by atoms with Crippen molar-refractivity contribution in [1.29, 1.82) is 0 Å². The van der Waals surface area contributed by atoms with E-state index in [1.54, 1.807) is 0 Å². The maximum absolute atomic E-state index is 12.7. The van der Waals surface area contributed by atoms with Gasteiger partial charge in [0.05, 0.1) is 18.9 Å². The molecule has 0 aliphatic rings. The minimum Gasteiger partial charge on any atom is -0.411 e. The summed E-state index contributed by atoms with van der Waals surface area (Å²) in [6, 6.07) is 7.75. The van der Waals surface area contributed by atoms with Crippen LogP contribution in [0.1, 0.15) is 24.2 Å². The number of benzene rings is 1. The molecule has 3 rings (SSSR count). The largest absolute Gasteiger partial charge is 0.411 e. The first-order valence-corrected chi connectivity index (χ1v) is 11.3. The first-order chi connectivity index (χ1) is 15.9. The van der Waals surface area contributed by atoms with Gasteiger partial charge in [0.15, 0.2) is 5.78 Å². The van der Waals surface area contributed by atoms with E-state index in [1.165, 1.54) is 7.11 Å². The molecule has 1 aromatic carbocycles. The maximum Gasteiger partial charge on any atom is 0.330 e. The van der Waals surface area contributed by atoms with Crippen LogP contribution in [0.2, 0.25) is 0 Å². The molecular weight excluding hydrogens is 448 g/mol. The van der Waals surface area contributed by atoms with Crippen molar-refractivity contribution in [3.63, 3.8) is 0 Å². The second kappa shape index (κ2) is 11.0. The molecule has 0 bridgehead atoms. The fourth-order valence-electron chi connectivity index (χ4n) is 3.25. The molecule has 0 saturated carbocycles. The van der Waals surface area contributed by atoms with Gasteiger partial charge in [0.2, 0.25) is 5.89 Å². The first kappa shape index (κ1) is 24.3. The van der Waals surface area contributed by atoms with Gasteiger partial charge in [0, 0.05) is 31.5 Å². The van der Waals surface area contributed by atoms with Gasteiger partial charge in [-0.05, 0) is 38.1 Å². The number of ether oxygens (including phenoxy) is 1. The van der Waals surface area contributed by atoms with Crippen molar-refractivity contribution in [2.24, 2.45) is 0 Å². The van der Waals surface area contributed by atoms with Crippen molar-refractivity contribution in [1.82, 2.24) is 19.7 Å². The van der Waals surface area contributed by atoms with Crippen molar-refractivity contribution in [3.05, 3.63) is 50.7 Å². The summed E-state index contributed by atoms with van der Waals surface area (Å²) >= 11 is 0.981. The predicted octanol–water partition coefficient (Wildman–Crippen LogP) is 1.64. The van der Waals surface area contributed by atoms with Crippen molar-refractivity contribution < 1.29 is 13.9 Å². The average molecular weight is 475 g/mol. The highest BCUT2D eigenvalue weighted by Crippen LogP contribution is 2.26. The van der Waals surface area contributed by atoms with E-state index in [2.05, 4.69) is 33.9 Å². The van der Waals surface area contributed by atoms with Gasteiger partial charge < -0.3 is 19.8 Å². The second-order valence-corrected chi connectivity index (χ2v) is 7.89. The molecule has 0 unspecified atom stereocenters. The molecule has 0 aliphatic carbocycles. The average Bonchev–Trinajstić information content (AvgIpc) is 3.28. The number of aromatic amines is 1. The monoisotopic (exact) mass is 474 g/mol. The topological polar surface area (TPSA) is 149 Å². The van der Waals surface area contributed by atoms with Gasteiger partial charge in [-0.15, -0.1) is 10.2 Å². The number of carbonyl (C=O) groups is 1. The third-order valence-electron chi connectivity index (χ3n) is 5.01. The highest BCUT2D eigenvalue weighted by Gasteiger charge is 2.21. The van der Waals surface area contributed by atoms with Gasteiger partial charge in [-0.3, -0.25) is 19.1 Å². The van der Waals surface area contributed by atoms with Gasteiger partial charge in [0.1, 0.15) is 11.4 Å². The van der Waals surface area contributed by atoms with E-state index in [-0.39, 0.29) is 35.5 Å². The highest BCUT2D eigenvalue weighted by atomic mass is 32.2. The number of nitrogens with zero attached hydrogens (tertiary/aromatic N) is 4. The number of anilines is 2. The van der Waals surface area contributed by atoms with Crippen molar-refractivity contribution in [2.75, 3.05) is 43.2 Å². The lowest BCUT2D eigenvalue weighted by Gasteiger charge is -2.20. The summed E-state index contributed by atoms with van der Waals surface area (Å²) in [5.74, 6) is -0.612. The lowest BCUT2D eigenvalue weighted by atomic mass is 10.2. The molecular formula is C21H26N6O5S. The molecule has 176 valence electrons. The summed E-state index contributed by atoms with van der Waals surface area (Å²) in [6.45, 7) is 6.29. The lowest BCUT2D eigenvalue weighted by Crippen LogP contribution is -2.37. The Labute approximate surface area is 194 Å². The number of nitrogen functional groups attached to an aromatic ring is 1. The smallest absolute Gasteiger partial charge is 0.330 e. The number of methoxy groups -OCH3 is 1. The number of Topliss-reactive ketones (excluding diaryl/α,β-unsaturated/α-hetero) is 1. The Balaban J connectivity index is 1.71. The molecule has 0 aliphatic heterocycles. The van der Waals surface area contributed by atoms with E-state index >= 15 is 0 Å². The van der Waals surface area contributed by atoms with E-state index < -0.39 is 17.0 Å². The molecule has 33 heavy (non-hydrogen) atoms. The molecule has 0 fully saturated rings. The minimum atomic E-state index is -0.837. The van der Waals surface area contributed by atoms with Gasteiger partial charge >= 0.3 is 5.69 Å². The lowest BCUT2D eigenvalue weighted by molar-refractivity contribution is 0.102. The van der Waals surface area contributed by atoms with Crippen LogP contribution in [0.5, 0.6) is 0 Å². The normalized spacial score (nSPS) is 11.0. The second-order valence-electron chi connectivity index (χ2n) is 6.97. The van der Waals surface area contributed by atoms with Crippen LogP contribution in [0.15, 0.2) is 43.5 Å². The molecule has 0 radical (unpaired) electrons. The number of ketones is 1. The Kier molecular flexibility index (Phi) is 8.06. The van der Waals surface area contributed by atoms with Gasteiger partial charge in [-0.2, -0.15) is 0 Å². The fraction of sp³-hybridized carbons (Fsp3) is 0.381. The number of thioether (sulfide) groups is 1. The first-order valence-electron chi connectivity index (χ1n) is 10.4. The van der Waals surface area contributed by atoms with Crippen LogP contribution in [0.25, 0.3) is 11.5 Å². The third-order valence-corrected chi connectivity index (χ3v) is 5.83. The predicted molar refractivity (Wildman–Crippen MR) is 126 cm³/mol. The van der Waals surface area contributed by atoms with Crippen molar-refractivity contribution >= 4 is 29.1 Å². The quantitative estimate of drug-likeness (QED) is 0.310. The highest BCUT2D eigenvalue weighted by molar-refractivity contribution is 7.99. The summed E-state index contributed by atoms with van der Waals surface area (Å²) in [4.78, 5) is 41.2. The van der Waals surface area contributed by atoms with Gasteiger partial charge in [-0.1, -0.05) is 11.8 Å². The van der Waals surface area contributed by atoms with E-state index in [1.807, 2.05) is 24.3 Å². The summed E-state index contributed by atoms with van der Waals surface area (Å²) in [5.41, 5.74) is 5.95. The third kappa shape index (κ3) is 5.52. The molecule has 0 saturated heterocycles. The van der Waals surface area contributed by atoms with E-state index in [4.69, 9.17) is 14.9 Å². The van der Waals surface area contributed by atoms with Crippen LogP contribution < -0.4 is 21.9 Å². The number of rotatable bonds is 11. The van der Waals surface area contributed by atoms with E-state index in [9.17, 15) is 14.4 Å². The summed E-state index contributed by atoms with van der Waals surface area (Å²) < 4.78 is 11.7. The maximum atomic E-state index is 12.7. The Bertz CT molecular complexity index is 1210. The van der Waals surface area contributed by atoms with Crippen LogP contribution >= 0.6 is 11.8 Å². The zero-order valence-electron chi connectivity index (χ0n) is 18.7. The van der Waals surface area contributed by atoms with Crippen LogP contribution in [-0.4, -0.2) is 58.1 Å². The summed E-state index contributed by atoms with van der Waals surface area (Å²) in [6.07, 6.45) is 0. The van der Waals surface area contributed by atoms with Crippen LogP contribution in [0, 0.1) is 0 Å². The van der Waals surface area contributed by atoms with Crippen molar-refractivity contribution in [3.8, 4) is 11.5 Å². The molecule has 11 nitrogen and oxygen atoms in total. The number of nitrogens with two attached hydrogens (primary N) is 1. The molecule has 2 heterocycles. The Hall–Kier alpha value is -3.38. The molecule has 0 spiro atoms. The zero-order chi connectivity index (χ0) is 24.0. The number of nitrogens with one attached hydrogen (secondary N) is 1. The zero-order valence-corrected chi connectivity index (χ0v) is 19.5. The standard InChI is InChI=1S/C21H26N6O5S/c1-4-26(5-2)14-8-6-13(7-9-14)19-24-25-21(32-19)33-12-15(28)16-17(22)27(10-11-31-3)20(30)23-18(16)29/h6-9H,4-5,10-12,22H2,1-3H3,(H,23,29,30). The Morgan fingerprint density at radius 2 is 1.91 bits per heavy atom. The Morgan fingerprint density at radius 3 is 2.55 bits per heavy atom. The number of carbonyl (C=O) groups excluding carboxylic acids is 1. The summed E-state index contributed by atoms with van der Waals surface area (Å²) in [5, 5.41) is 8.17. The van der Waals surface area contributed by atoms with Gasteiger partial charge in [0.25, 0.3) is 10.8 Å². The molecule has 2 aromatic heterocycles. The Morgan fingerprint density at radius 1 is 1.21 bits per heavy atom. The molecule has 3 N–H and O–H groups in total. The van der Waals surface area contributed by atoms with Crippen LogP contribution in [0.4, 0.5) is 11.5 Å².